The first kappa shape index (κ1) is 15.4. The molecule has 1 atom stereocenters. The number of rotatable bonds is 5. The molecule has 0 aliphatic heterocycles. The van der Waals surface area contributed by atoms with Crippen molar-refractivity contribution in [2.45, 2.75) is 26.4 Å². The van der Waals surface area contributed by atoms with Crippen LogP contribution in [0.15, 0.2) is 48.5 Å². The first-order valence-electron chi connectivity index (χ1n) is 6.90. The lowest BCUT2D eigenvalue weighted by Crippen LogP contribution is -2.37. The van der Waals surface area contributed by atoms with Gasteiger partial charge in [0.15, 0.2) is 0 Å². The van der Waals surface area contributed by atoms with Crippen LogP contribution < -0.4 is 10.6 Å². The Morgan fingerprint density at radius 1 is 1.10 bits per heavy atom. The number of benzene rings is 2. The fourth-order valence-corrected chi connectivity index (χ4v) is 2.04. The minimum absolute atomic E-state index is 0.0366. The number of halogens is 1. The van der Waals surface area contributed by atoms with Crippen LogP contribution in [-0.4, -0.2) is 11.9 Å². The van der Waals surface area contributed by atoms with E-state index in [9.17, 15) is 4.79 Å². The summed E-state index contributed by atoms with van der Waals surface area (Å²) in [6.07, 6.45) is 0. The Morgan fingerprint density at radius 3 is 2.33 bits per heavy atom. The molecule has 0 radical (unpaired) electrons. The van der Waals surface area contributed by atoms with Gasteiger partial charge in [-0.1, -0.05) is 41.4 Å². The van der Waals surface area contributed by atoms with Gasteiger partial charge in [-0.3, -0.25) is 4.79 Å². The highest BCUT2D eigenvalue weighted by Gasteiger charge is 2.11. The molecule has 21 heavy (non-hydrogen) atoms. The van der Waals surface area contributed by atoms with Crippen LogP contribution in [0.3, 0.4) is 0 Å². The zero-order valence-electron chi connectivity index (χ0n) is 12.2. The van der Waals surface area contributed by atoms with Crippen LogP contribution in [-0.2, 0) is 11.3 Å². The molecular weight excluding hydrogens is 284 g/mol. The largest absolute Gasteiger partial charge is 0.374 e. The predicted molar refractivity (Wildman–Crippen MR) is 87.6 cm³/mol. The molecule has 0 aromatic heterocycles. The molecule has 0 fully saturated rings. The average Bonchev–Trinajstić information content (AvgIpc) is 2.48. The highest BCUT2D eigenvalue weighted by atomic mass is 35.5. The first-order valence-corrected chi connectivity index (χ1v) is 7.28. The van der Waals surface area contributed by atoms with E-state index in [4.69, 9.17) is 11.6 Å². The predicted octanol–water partition coefficient (Wildman–Crippen LogP) is 3.77. The van der Waals surface area contributed by atoms with Gasteiger partial charge in [0.05, 0.1) is 0 Å². The summed E-state index contributed by atoms with van der Waals surface area (Å²) in [7, 11) is 0. The molecule has 2 aromatic rings. The van der Waals surface area contributed by atoms with E-state index in [0.29, 0.717) is 11.6 Å². The Balaban J connectivity index is 1.84. The molecule has 0 aliphatic carbocycles. The number of aryl methyl sites for hydroxylation is 1. The van der Waals surface area contributed by atoms with Gasteiger partial charge in [0.1, 0.15) is 6.04 Å². The van der Waals surface area contributed by atoms with Crippen molar-refractivity contribution >= 4 is 23.2 Å². The van der Waals surface area contributed by atoms with Gasteiger partial charge in [0.25, 0.3) is 0 Å². The zero-order valence-corrected chi connectivity index (χ0v) is 12.9. The summed E-state index contributed by atoms with van der Waals surface area (Å²) in [6, 6.07) is 15.1. The number of nitrogens with one attached hydrogen (secondary N) is 2. The molecule has 1 amide bonds. The average molecular weight is 303 g/mol. The molecule has 1 unspecified atom stereocenters. The highest BCUT2D eigenvalue weighted by Crippen LogP contribution is 2.14. The molecule has 2 N–H and O–H groups in total. The van der Waals surface area contributed by atoms with Crippen molar-refractivity contribution in [3.05, 3.63) is 64.7 Å². The molecule has 4 heteroatoms. The molecule has 0 heterocycles. The number of carbonyl (C=O) groups is 1. The Morgan fingerprint density at radius 2 is 1.71 bits per heavy atom. The van der Waals surface area contributed by atoms with E-state index in [1.807, 2.05) is 50.2 Å². The monoisotopic (exact) mass is 302 g/mol. The van der Waals surface area contributed by atoms with E-state index in [0.717, 1.165) is 11.3 Å². The number of anilines is 1. The lowest BCUT2D eigenvalue weighted by Gasteiger charge is -2.15. The summed E-state index contributed by atoms with van der Waals surface area (Å²) < 4.78 is 0. The molecule has 0 aliphatic rings. The third-order valence-electron chi connectivity index (χ3n) is 3.21. The number of hydrogen-bond donors (Lipinski definition) is 2. The molecule has 3 nitrogen and oxygen atoms in total. The van der Waals surface area contributed by atoms with Gasteiger partial charge in [-0.15, -0.1) is 0 Å². The van der Waals surface area contributed by atoms with Crippen LogP contribution >= 0.6 is 11.6 Å². The van der Waals surface area contributed by atoms with Gasteiger partial charge in [-0.25, -0.2) is 0 Å². The van der Waals surface area contributed by atoms with Crippen molar-refractivity contribution in [3.8, 4) is 0 Å². The fourth-order valence-electron chi connectivity index (χ4n) is 1.91. The summed E-state index contributed by atoms with van der Waals surface area (Å²) in [5.41, 5.74) is 3.17. The first-order chi connectivity index (χ1) is 10.0. The van der Waals surface area contributed by atoms with Crippen LogP contribution in [0.2, 0.25) is 5.02 Å². The van der Waals surface area contributed by atoms with Crippen molar-refractivity contribution in [2.24, 2.45) is 0 Å². The smallest absolute Gasteiger partial charge is 0.242 e. The van der Waals surface area contributed by atoms with Gasteiger partial charge in [0, 0.05) is 17.3 Å². The third kappa shape index (κ3) is 4.80. The highest BCUT2D eigenvalue weighted by molar-refractivity contribution is 6.30. The molecule has 2 aromatic carbocycles. The SMILES string of the molecule is Cc1ccc(CNC(=O)C(C)Nc2ccc(Cl)cc2)cc1. The van der Waals surface area contributed by atoms with E-state index in [2.05, 4.69) is 10.6 Å². The lowest BCUT2D eigenvalue weighted by molar-refractivity contribution is -0.121. The van der Waals surface area contributed by atoms with Crippen molar-refractivity contribution in [1.29, 1.82) is 0 Å². The number of amides is 1. The maximum atomic E-state index is 12.1. The van der Waals surface area contributed by atoms with E-state index in [-0.39, 0.29) is 11.9 Å². The second kappa shape index (κ2) is 7.14. The molecule has 2 rings (SSSR count). The van der Waals surface area contributed by atoms with E-state index >= 15 is 0 Å². The van der Waals surface area contributed by atoms with Gasteiger partial charge in [-0.05, 0) is 43.7 Å². The van der Waals surface area contributed by atoms with Gasteiger partial charge in [-0.2, -0.15) is 0 Å². The van der Waals surface area contributed by atoms with Crippen molar-refractivity contribution in [3.63, 3.8) is 0 Å². The maximum Gasteiger partial charge on any atom is 0.242 e. The fraction of sp³-hybridized carbons (Fsp3) is 0.235. The van der Waals surface area contributed by atoms with E-state index in [1.54, 1.807) is 12.1 Å². The van der Waals surface area contributed by atoms with Gasteiger partial charge >= 0.3 is 0 Å². The van der Waals surface area contributed by atoms with Crippen molar-refractivity contribution < 1.29 is 4.79 Å². The number of carbonyl (C=O) groups excluding carboxylic acids is 1. The summed E-state index contributed by atoms with van der Waals surface area (Å²) in [5, 5.41) is 6.74. The Bertz CT molecular complexity index is 593. The topological polar surface area (TPSA) is 41.1 Å². The van der Waals surface area contributed by atoms with Gasteiger partial charge in [0.2, 0.25) is 5.91 Å². The van der Waals surface area contributed by atoms with Crippen LogP contribution in [0.25, 0.3) is 0 Å². The molecule has 110 valence electrons. The molecule has 0 saturated carbocycles. The normalized spacial score (nSPS) is 11.8. The summed E-state index contributed by atoms with van der Waals surface area (Å²) in [4.78, 5) is 12.1. The molecule has 0 bridgehead atoms. The zero-order chi connectivity index (χ0) is 15.2. The number of hydrogen-bond acceptors (Lipinski definition) is 2. The molecule has 0 saturated heterocycles. The Labute approximate surface area is 130 Å². The standard InChI is InChI=1S/C17H19ClN2O/c1-12-3-5-14(6-4-12)11-19-17(21)13(2)20-16-9-7-15(18)8-10-16/h3-10,13,20H,11H2,1-2H3,(H,19,21). The van der Waals surface area contributed by atoms with Crippen LogP contribution in [0.1, 0.15) is 18.1 Å². The van der Waals surface area contributed by atoms with Crippen LogP contribution in [0.4, 0.5) is 5.69 Å². The molecule has 0 spiro atoms. The summed E-state index contributed by atoms with van der Waals surface area (Å²) in [5.74, 6) is -0.0366. The Kier molecular flexibility index (Phi) is 5.23. The molecular formula is C17H19ClN2O. The van der Waals surface area contributed by atoms with Crippen LogP contribution in [0, 0.1) is 6.92 Å². The van der Waals surface area contributed by atoms with E-state index < -0.39 is 0 Å². The quantitative estimate of drug-likeness (QED) is 0.883. The second-order valence-electron chi connectivity index (χ2n) is 5.08. The van der Waals surface area contributed by atoms with E-state index in [1.165, 1.54) is 5.56 Å². The van der Waals surface area contributed by atoms with Crippen molar-refractivity contribution in [2.75, 3.05) is 5.32 Å². The Hall–Kier alpha value is -2.00. The maximum absolute atomic E-state index is 12.1. The second-order valence-corrected chi connectivity index (χ2v) is 5.51. The minimum Gasteiger partial charge on any atom is -0.374 e. The van der Waals surface area contributed by atoms with Gasteiger partial charge < -0.3 is 10.6 Å². The third-order valence-corrected chi connectivity index (χ3v) is 3.46. The lowest BCUT2D eigenvalue weighted by atomic mass is 10.1. The van der Waals surface area contributed by atoms with Crippen molar-refractivity contribution in [1.82, 2.24) is 5.32 Å². The van der Waals surface area contributed by atoms with Crippen LogP contribution in [0.5, 0.6) is 0 Å². The summed E-state index contributed by atoms with van der Waals surface area (Å²) in [6.45, 7) is 4.41. The summed E-state index contributed by atoms with van der Waals surface area (Å²) >= 11 is 5.83. The minimum atomic E-state index is -0.309.